The summed E-state index contributed by atoms with van der Waals surface area (Å²) >= 11 is 0. The molecule has 0 bridgehead atoms. The smallest absolute Gasteiger partial charge is 0.263 e. The van der Waals surface area contributed by atoms with Crippen LogP contribution in [0.4, 0.5) is 0 Å². The van der Waals surface area contributed by atoms with Gasteiger partial charge in [-0.15, -0.1) is 0 Å². The maximum atomic E-state index is 12.2. The third kappa shape index (κ3) is 3.30. The third-order valence-corrected chi connectivity index (χ3v) is 5.12. The minimum Gasteiger partial charge on any atom is -0.340 e. The molecule has 0 aliphatic carbocycles. The van der Waals surface area contributed by atoms with Crippen molar-refractivity contribution in [1.29, 1.82) is 0 Å². The van der Waals surface area contributed by atoms with Crippen molar-refractivity contribution < 1.29 is 13.2 Å². The molecule has 1 amide bonds. The largest absolute Gasteiger partial charge is 0.340 e. The molecule has 0 aromatic heterocycles. The summed E-state index contributed by atoms with van der Waals surface area (Å²) in [6, 6.07) is 16.2. The SMILES string of the molecule is CN(Cc1ccccc1)C(=O)CN=C1NS(=O)(=O)c2ccccc21. The van der Waals surface area contributed by atoms with Crippen molar-refractivity contribution in [1.82, 2.24) is 9.62 Å². The summed E-state index contributed by atoms with van der Waals surface area (Å²) in [5, 5.41) is 0. The first-order valence-corrected chi connectivity index (χ1v) is 8.90. The quantitative estimate of drug-likeness (QED) is 0.911. The van der Waals surface area contributed by atoms with E-state index in [4.69, 9.17) is 0 Å². The van der Waals surface area contributed by atoms with Crippen LogP contribution in [0.1, 0.15) is 11.1 Å². The molecule has 0 saturated heterocycles. The number of hydrogen-bond donors (Lipinski definition) is 1. The molecule has 1 aliphatic heterocycles. The summed E-state index contributed by atoms with van der Waals surface area (Å²) in [4.78, 5) is 18.1. The van der Waals surface area contributed by atoms with Gasteiger partial charge in [-0.2, -0.15) is 0 Å². The second kappa shape index (κ2) is 6.45. The Hall–Kier alpha value is -2.67. The predicted octanol–water partition coefficient (Wildman–Crippen LogP) is 1.38. The molecule has 0 atom stereocenters. The summed E-state index contributed by atoms with van der Waals surface area (Å²) in [5.74, 6) is 0.0296. The number of carbonyl (C=O) groups excluding carboxylic acids is 1. The fourth-order valence-corrected chi connectivity index (χ4v) is 3.72. The lowest BCUT2D eigenvalue weighted by molar-refractivity contribution is -0.128. The maximum Gasteiger partial charge on any atom is 0.263 e. The number of amidine groups is 1. The van der Waals surface area contributed by atoms with Gasteiger partial charge < -0.3 is 4.90 Å². The van der Waals surface area contributed by atoms with E-state index in [0.717, 1.165) is 5.56 Å². The molecule has 7 heteroatoms. The highest BCUT2D eigenvalue weighted by Gasteiger charge is 2.30. The lowest BCUT2D eigenvalue weighted by atomic mass is 10.2. The lowest BCUT2D eigenvalue weighted by Crippen LogP contribution is -2.30. The second-order valence-electron chi connectivity index (χ2n) is 5.50. The van der Waals surface area contributed by atoms with Crippen LogP contribution in [-0.2, 0) is 21.4 Å². The van der Waals surface area contributed by atoms with Gasteiger partial charge in [0.25, 0.3) is 10.0 Å². The van der Waals surface area contributed by atoms with E-state index in [1.54, 1.807) is 30.1 Å². The highest BCUT2D eigenvalue weighted by molar-refractivity contribution is 7.90. The van der Waals surface area contributed by atoms with Crippen molar-refractivity contribution in [3.05, 3.63) is 65.7 Å². The van der Waals surface area contributed by atoms with Gasteiger partial charge in [-0.25, -0.2) is 8.42 Å². The molecule has 24 heavy (non-hydrogen) atoms. The normalized spacial score (nSPS) is 16.5. The molecule has 0 fully saturated rings. The first-order valence-electron chi connectivity index (χ1n) is 7.42. The highest BCUT2D eigenvalue weighted by Crippen LogP contribution is 2.22. The number of rotatable bonds is 4. The second-order valence-corrected chi connectivity index (χ2v) is 7.15. The van der Waals surface area contributed by atoms with Crippen molar-refractivity contribution in [2.75, 3.05) is 13.6 Å². The number of nitrogens with one attached hydrogen (secondary N) is 1. The monoisotopic (exact) mass is 343 g/mol. The van der Waals surface area contributed by atoms with Gasteiger partial charge in [0.1, 0.15) is 12.4 Å². The van der Waals surface area contributed by atoms with Crippen LogP contribution in [0.3, 0.4) is 0 Å². The van der Waals surface area contributed by atoms with E-state index in [-0.39, 0.29) is 23.2 Å². The third-order valence-electron chi connectivity index (χ3n) is 3.72. The van der Waals surface area contributed by atoms with E-state index in [1.807, 2.05) is 30.3 Å². The Kier molecular flexibility index (Phi) is 4.35. The highest BCUT2D eigenvalue weighted by atomic mass is 32.2. The van der Waals surface area contributed by atoms with Crippen LogP contribution in [0.2, 0.25) is 0 Å². The molecule has 2 aromatic carbocycles. The molecule has 2 aromatic rings. The van der Waals surface area contributed by atoms with E-state index in [9.17, 15) is 13.2 Å². The Labute approximate surface area is 140 Å². The van der Waals surface area contributed by atoms with E-state index in [1.165, 1.54) is 6.07 Å². The summed E-state index contributed by atoms with van der Waals surface area (Å²) in [6.07, 6.45) is 0. The number of amides is 1. The summed E-state index contributed by atoms with van der Waals surface area (Å²) < 4.78 is 26.4. The van der Waals surface area contributed by atoms with E-state index >= 15 is 0 Å². The van der Waals surface area contributed by atoms with Crippen molar-refractivity contribution in [2.45, 2.75) is 11.4 Å². The molecule has 0 spiro atoms. The lowest BCUT2D eigenvalue weighted by Gasteiger charge is -2.16. The average Bonchev–Trinajstić information content (AvgIpc) is 2.85. The first-order chi connectivity index (χ1) is 11.5. The fourth-order valence-electron chi connectivity index (χ4n) is 2.46. The molecule has 1 heterocycles. The molecule has 6 nitrogen and oxygen atoms in total. The minimum absolute atomic E-state index is 0.116. The van der Waals surface area contributed by atoms with Gasteiger partial charge in [0.2, 0.25) is 5.91 Å². The molecule has 1 N–H and O–H groups in total. The van der Waals surface area contributed by atoms with Crippen LogP contribution in [0.5, 0.6) is 0 Å². The number of nitrogens with zero attached hydrogens (tertiary/aromatic N) is 2. The maximum absolute atomic E-state index is 12.2. The van der Waals surface area contributed by atoms with Crippen LogP contribution < -0.4 is 4.72 Å². The first kappa shape index (κ1) is 16.2. The van der Waals surface area contributed by atoms with Gasteiger partial charge in [-0.1, -0.05) is 42.5 Å². The van der Waals surface area contributed by atoms with Crippen LogP contribution >= 0.6 is 0 Å². The average molecular weight is 343 g/mol. The molecular weight excluding hydrogens is 326 g/mol. The molecule has 0 saturated carbocycles. The Morgan fingerprint density at radius 2 is 1.75 bits per heavy atom. The van der Waals surface area contributed by atoms with Gasteiger partial charge in [0, 0.05) is 19.2 Å². The standard InChI is InChI=1S/C17H17N3O3S/c1-20(12-13-7-3-2-4-8-13)16(21)11-18-17-14-9-5-6-10-15(14)24(22,23)19-17/h2-10H,11-12H2,1H3,(H,18,19). The van der Waals surface area contributed by atoms with E-state index in [2.05, 4.69) is 9.71 Å². The predicted molar refractivity (Wildman–Crippen MR) is 91.1 cm³/mol. The molecule has 0 radical (unpaired) electrons. The van der Waals surface area contributed by atoms with Crippen molar-refractivity contribution in [3.8, 4) is 0 Å². The summed E-state index contributed by atoms with van der Waals surface area (Å²) in [5.41, 5.74) is 1.52. The number of likely N-dealkylation sites (N-methyl/N-ethyl adjacent to an activating group) is 1. The fraction of sp³-hybridized carbons (Fsp3) is 0.176. The zero-order chi connectivity index (χ0) is 17.2. The number of hydrogen-bond acceptors (Lipinski definition) is 4. The number of carbonyl (C=O) groups is 1. The Morgan fingerprint density at radius 1 is 1.08 bits per heavy atom. The number of sulfonamides is 1. The Morgan fingerprint density at radius 3 is 2.50 bits per heavy atom. The Balaban J connectivity index is 1.71. The van der Waals surface area contributed by atoms with Crippen LogP contribution in [-0.4, -0.2) is 38.7 Å². The van der Waals surface area contributed by atoms with Crippen LogP contribution in [0.15, 0.2) is 64.5 Å². The Bertz CT molecular complexity index is 892. The summed E-state index contributed by atoms with van der Waals surface area (Å²) in [7, 11) is -1.88. The van der Waals surface area contributed by atoms with Crippen molar-refractivity contribution in [2.24, 2.45) is 4.99 Å². The van der Waals surface area contributed by atoms with E-state index in [0.29, 0.717) is 12.1 Å². The van der Waals surface area contributed by atoms with Gasteiger partial charge in [-0.3, -0.25) is 14.5 Å². The minimum atomic E-state index is -3.58. The molecule has 3 rings (SSSR count). The van der Waals surface area contributed by atoms with Crippen LogP contribution in [0.25, 0.3) is 0 Å². The van der Waals surface area contributed by atoms with E-state index < -0.39 is 10.0 Å². The van der Waals surface area contributed by atoms with Crippen molar-refractivity contribution >= 4 is 21.8 Å². The van der Waals surface area contributed by atoms with Gasteiger partial charge in [0.15, 0.2) is 0 Å². The molecule has 1 aliphatic rings. The zero-order valence-electron chi connectivity index (χ0n) is 13.1. The van der Waals surface area contributed by atoms with Crippen molar-refractivity contribution in [3.63, 3.8) is 0 Å². The number of aliphatic imine (C=N–C) groups is 1. The van der Waals surface area contributed by atoms with Gasteiger partial charge in [-0.05, 0) is 17.7 Å². The molecule has 0 unspecified atom stereocenters. The zero-order valence-corrected chi connectivity index (χ0v) is 14.0. The molecular formula is C17H17N3O3S. The number of fused-ring (bicyclic) bond motifs is 1. The summed E-state index contributed by atoms with van der Waals surface area (Å²) in [6.45, 7) is 0.363. The number of benzene rings is 2. The van der Waals surface area contributed by atoms with Gasteiger partial charge in [0.05, 0.1) is 4.90 Å². The topological polar surface area (TPSA) is 78.8 Å². The van der Waals surface area contributed by atoms with Gasteiger partial charge >= 0.3 is 0 Å². The van der Waals surface area contributed by atoms with Crippen LogP contribution in [0, 0.1) is 0 Å². The molecule has 124 valence electrons.